The van der Waals surface area contributed by atoms with Gasteiger partial charge in [-0.15, -0.1) is 0 Å². The van der Waals surface area contributed by atoms with Gasteiger partial charge in [0.1, 0.15) is 5.82 Å². The van der Waals surface area contributed by atoms with Crippen LogP contribution in [-0.2, 0) is 6.54 Å². The van der Waals surface area contributed by atoms with Gasteiger partial charge in [-0.25, -0.2) is 4.98 Å². The van der Waals surface area contributed by atoms with Crippen molar-refractivity contribution in [1.82, 2.24) is 9.97 Å². The summed E-state index contributed by atoms with van der Waals surface area (Å²) in [6.07, 6.45) is 3.56. The number of rotatable bonds is 3. The van der Waals surface area contributed by atoms with E-state index in [0.717, 1.165) is 23.6 Å². The number of H-pyrrole nitrogens is 1. The zero-order chi connectivity index (χ0) is 10.7. The lowest BCUT2D eigenvalue weighted by Gasteiger charge is -2.07. The molecule has 4 heteroatoms. The molecule has 0 aromatic carbocycles. The number of hydrogen-bond acceptors (Lipinski definition) is 3. The monoisotopic (exact) mass is 202 g/mol. The molecule has 0 aliphatic rings. The van der Waals surface area contributed by atoms with E-state index >= 15 is 0 Å². The van der Waals surface area contributed by atoms with Gasteiger partial charge in [0.05, 0.1) is 18.4 Å². The van der Waals surface area contributed by atoms with Crippen LogP contribution in [0.3, 0.4) is 0 Å². The summed E-state index contributed by atoms with van der Waals surface area (Å²) < 4.78 is 0. The van der Waals surface area contributed by atoms with Crippen molar-refractivity contribution in [3.05, 3.63) is 41.9 Å². The molecule has 2 aromatic rings. The van der Waals surface area contributed by atoms with Crippen LogP contribution in [0.15, 0.2) is 30.6 Å². The number of hydrogen-bond donors (Lipinski definition) is 3. The summed E-state index contributed by atoms with van der Waals surface area (Å²) in [6, 6.07) is 5.91. The molecule has 0 amide bonds. The van der Waals surface area contributed by atoms with Crippen molar-refractivity contribution >= 4 is 11.5 Å². The van der Waals surface area contributed by atoms with Gasteiger partial charge in [-0.2, -0.15) is 0 Å². The fourth-order valence-corrected chi connectivity index (χ4v) is 1.44. The van der Waals surface area contributed by atoms with Gasteiger partial charge < -0.3 is 16.0 Å². The van der Waals surface area contributed by atoms with Crippen LogP contribution in [-0.4, -0.2) is 9.97 Å². The molecular weight excluding hydrogens is 188 g/mol. The van der Waals surface area contributed by atoms with Gasteiger partial charge >= 0.3 is 0 Å². The second kappa shape index (κ2) is 4.04. The average molecular weight is 202 g/mol. The van der Waals surface area contributed by atoms with Gasteiger partial charge in [0, 0.05) is 11.9 Å². The van der Waals surface area contributed by atoms with Gasteiger partial charge in [-0.05, 0) is 30.7 Å². The second-order valence-electron chi connectivity index (χ2n) is 3.48. The van der Waals surface area contributed by atoms with E-state index in [1.807, 2.05) is 31.3 Å². The number of nitrogens with two attached hydrogens (primary N) is 1. The summed E-state index contributed by atoms with van der Waals surface area (Å²) >= 11 is 0. The number of aryl methyl sites for hydroxylation is 1. The van der Waals surface area contributed by atoms with E-state index in [0.29, 0.717) is 5.69 Å². The minimum atomic E-state index is 0.693. The molecule has 15 heavy (non-hydrogen) atoms. The third-order valence-electron chi connectivity index (χ3n) is 2.21. The minimum absolute atomic E-state index is 0.693. The van der Waals surface area contributed by atoms with Gasteiger partial charge in [0.2, 0.25) is 0 Å². The van der Waals surface area contributed by atoms with Crippen molar-refractivity contribution in [2.24, 2.45) is 0 Å². The Morgan fingerprint density at radius 1 is 1.53 bits per heavy atom. The number of nitrogens with one attached hydrogen (secondary N) is 2. The SMILES string of the molecule is Cc1cc(N)cnc1NCc1ccc[nH]1. The standard InChI is InChI=1S/C11H14N4/c1-8-5-9(12)6-14-11(8)15-7-10-3-2-4-13-10/h2-6,13H,7,12H2,1H3,(H,14,15). The zero-order valence-electron chi connectivity index (χ0n) is 8.62. The third kappa shape index (κ3) is 2.28. The summed E-state index contributed by atoms with van der Waals surface area (Å²) in [7, 11) is 0. The summed E-state index contributed by atoms with van der Waals surface area (Å²) in [6.45, 7) is 2.73. The number of aromatic amines is 1. The molecule has 2 aromatic heterocycles. The summed E-state index contributed by atoms with van der Waals surface area (Å²) in [5.41, 5.74) is 8.50. The Bertz CT molecular complexity index is 434. The molecule has 2 rings (SSSR count). The molecule has 0 radical (unpaired) electrons. The lowest BCUT2D eigenvalue weighted by molar-refractivity contribution is 1.05. The molecule has 4 nitrogen and oxygen atoms in total. The number of nitrogen functional groups attached to an aromatic ring is 1. The molecule has 0 saturated carbocycles. The van der Waals surface area contributed by atoms with Crippen LogP contribution >= 0.6 is 0 Å². The van der Waals surface area contributed by atoms with E-state index in [1.165, 1.54) is 0 Å². The van der Waals surface area contributed by atoms with Crippen LogP contribution < -0.4 is 11.1 Å². The number of nitrogens with zero attached hydrogens (tertiary/aromatic N) is 1. The molecule has 0 unspecified atom stereocenters. The highest BCUT2D eigenvalue weighted by molar-refractivity contribution is 5.50. The first kappa shape index (κ1) is 9.58. The highest BCUT2D eigenvalue weighted by Crippen LogP contribution is 2.14. The summed E-state index contributed by atoms with van der Waals surface area (Å²) in [5.74, 6) is 0.874. The quantitative estimate of drug-likeness (QED) is 0.712. The summed E-state index contributed by atoms with van der Waals surface area (Å²) in [4.78, 5) is 7.35. The lowest BCUT2D eigenvalue weighted by atomic mass is 10.2. The van der Waals surface area contributed by atoms with Crippen LogP contribution in [0, 0.1) is 6.92 Å². The number of pyridine rings is 1. The van der Waals surface area contributed by atoms with Crippen molar-refractivity contribution in [1.29, 1.82) is 0 Å². The van der Waals surface area contributed by atoms with E-state index in [-0.39, 0.29) is 0 Å². The smallest absolute Gasteiger partial charge is 0.129 e. The molecule has 0 fully saturated rings. The molecule has 0 atom stereocenters. The Hall–Kier alpha value is -1.97. The molecule has 0 aliphatic heterocycles. The van der Waals surface area contributed by atoms with Gasteiger partial charge in [-0.1, -0.05) is 0 Å². The molecule has 0 bridgehead atoms. The third-order valence-corrected chi connectivity index (χ3v) is 2.21. The molecule has 4 N–H and O–H groups in total. The highest BCUT2D eigenvalue weighted by Gasteiger charge is 2.00. The van der Waals surface area contributed by atoms with Crippen LogP contribution in [0.1, 0.15) is 11.3 Å². The van der Waals surface area contributed by atoms with Crippen LogP contribution in [0.5, 0.6) is 0 Å². The van der Waals surface area contributed by atoms with Crippen molar-refractivity contribution in [2.45, 2.75) is 13.5 Å². The predicted octanol–water partition coefficient (Wildman–Crippen LogP) is 1.91. The average Bonchev–Trinajstić information content (AvgIpc) is 2.69. The fraction of sp³-hybridized carbons (Fsp3) is 0.182. The lowest BCUT2D eigenvalue weighted by Crippen LogP contribution is -2.03. The first-order chi connectivity index (χ1) is 7.25. The first-order valence-corrected chi connectivity index (χ1v) is 4.84. The minimum Gasteiger partial charge on any atom is -0.397 e. The van der Waals surface area contributed by atoms with Crippen LogP contribution in [0.2, 0.25) is 0 Å². The fourth-order valence-electron chi connectivity index (χ4n) is 1.44. The van der Waals surface area contributed by atoms with Crippen molar-refractivity contribution in [3.63, 3.8) is 0 Å². The second-order valence-corrected chi connectivity index (χ2v) is 3.48. The highest BCUT2D eigenvalue weighted by atomic mass is 15.0. The van der Waals surface area contributed by atoms with E-state index in [2.05, 4.69) is 15.3 Å². The Balaban J connectivity index is 2.05. The number of aromatic nitrogens is 2. The maximum Gasteiger partial charge on any atom is 0.129 e. The first-order valence-electron chi connectivity index (χ1n) is 4.84. The maximum atomic E-state index is 5.62. The molecule has 0 saturated heterocycles. The maximum absolute atomic E-state index is 5.62. The molecule has 78 valence electrons. The Kier molecular flexibility index (Phi) is 2.58. The van der Waals surface area contributed by atoms with Crippen LogP contribution in [0.4, 0.5) is 11.5 Å². The normalized spacial score (nSPS) is 10.2. The molecule has 0 aliphatic carbocycles. The predicted molar refractivity (Wildman–Crippen MR) is 61.5 cm³/mol. The summed E-state index contributed by atoms with van der Waals surface area (Å²) in [5, 5.41) is 3.24. The van der Waals surface area contributed by atoms with Crippen molar-refractivity contribution in [3.8, 4) is 0 Å². The van der Waals surface area contributed by atoms with Gasteiger partial charge in [0.15, 0.2) is 0 Å². The molecule has 2 heterocycles. The van der Waals surface area contributed by atoms with Crippen molar-refractivity contribution in [2.75, 3.05) is 11.1 Å². The van der Waals surface area contributed by atoms with Gasteiger partial charge in [-0.3, -0.25) is 0 Å². The zero-order valence-corrected chi connectivity index (χ0v) is 8.62. The van der Waals surface area contributed by atoms with E-state index in [1.54, 1.807) is 6.20 Å². The van der Waals surface area contributed by atoms with E-state index in [9.17, 15) is 0 Å². The van der Waals surface area contributed by atoms with E-state index in [4.69, 9.17) is 5.73 Å². The molecular formula is C11H14N4. The number of anilines is 2. The van der Waals surface area contributed by atoms with Crippen LogP contribution in [0.25, 0.3) is 0 Å². The Labute approximate surface area is 88.5 Å². The largest absolute Gasteiger partial charge is 0.397 e. The molecule has 0 spiro atoms. The van der Waals surface area contributed by atoms with Gasteiger partial charge in [0.25, 0.3) is 0 Å². The van der Waals surface area contributed by atoms with E-state index < -0.39 is 0 Å². The van der Waals surface area contributed by atoms with Crippen molar-refractivity contribution < 1.29 is 0 Å². The topological polar surface area (TPSA) is 66.7 Å². The Morgan fingerprint density at radius 3 is 3.07 bits per heavy atom. The Morgan fingerprint density at radius 2 is 2.40 bits per heavy atom.